The van der Waals surface area contributed by atoms with Crippen molar-refractivity contribution >= 4 is 34.7 Å². The number of fused-ring (bicyclic) bond motifs is 1. The summed E-state index contributed by atoms with van der Waals surface area (Å²) in [4.78, 5) is 23.3. The number of carboxylic acid groups (broad SMARTS) is 1. The molecule has 1 aliphatic rings. The topological polar surface area (TPSA) is 189 Å². The molecule has 0 bridgehead atoms. The summed E-state index contributed by atoms with van der Waals surface area (Å²) in [6.45, 7) is -0.425. The first-order valence-corrected chi connectivity index (χ1v) is 9.69. The zero-order valence-corrected chi connectivity index (χ0v) is 15.6. The molecule has 5 atom stereocenters. The summed E-state index contributed by atoms with van der Waals surface area (Å²) < 4.78 is 6.99. The number of aliphatic hydroxyl groups excluding tert-OH is 3. The Morgan fingerprint density at radius 2 is 2.14 bits per heavy atom. The number of aromatic nitrogens is 4. The molecule has 0 saturated carbocycles. The van der Waals surface area contributed by atoms with Gasteiger partial charge in [0.2, 0.25) is 0 Å². The van der Waals surface area contributed by atoms with E-state index in [4.69, 9.17) is 15.6 Å². The first-order chi connectivity index (χ1) is 13.4. The van der Waals surface area contributed by atoms with E-state index in [0.29, 0.717) is 35.0 Å². The fraction of sp³-hybridized carbons (Fsp3) is 0.600. The lowest BCUT2D eigenvalue weighted by Gasteiger charge is -2.16. The molecule has 1 fully saturated rings. The number of rotatable bonds is 9. The fourth-order valence-electron chi connectivity index (χ4n) is 2.80. The van der Waals surface area contributed by atoms with Gasteiger partial charge in [-0.15, -0.1) is 11.8 Å². The molecule has 0 spiro atoms. The standard InChI is InChI=1S/C15H22N6O6S/c16-7(15(25)26)1-2-28-6-20-12-9-13(18-4-17-12)21(5-19-9)14-11(24)10(23)8(3-22)27-14/h4-5,7-8,10-11,14,22-24H,1-3,6,16H2,(H,25,26)(H,17,18,20). The molecular formula is C15H22N6O6S. The van der Waals surface area contributed by atoms with Gasteiger partial charge in [-0.3, -0.25) is 9.36 Å². The van der Waals surface area contributed by atoms with Crippen LogP contribution in [0.3, 0.4) is 0 Å². The van der Waals surface area contributed by atoms with Gasteiger partial charge in [0, 0.05) is 0 Å². The van der Waals surface area contributed by atoms with Crippen molar-refractivity contribution in [3.8, 4) is 0 Å². The Balaban J connectivity index is 1.66. The number of nitrogens with two attached hydrogens (primary N) is 1. The third-order valence-corrected chi connectivity index (χ3v) is 5.25. The number of thioether (sulfide) groups is 1. The lowest BCUT2D eigenvalue weighted by atomic mass is 10.1. The summed E-state index contributed by atoms with van der Waals surface area (Å²) in [5.74, 6) is 0.456. The highest BCUT2D eigenvalue weighted by Gasteiger charge is 2.44. The zero-order valence-electron chi connectivity index (χ0n) is 14.7. The molecule has 7 N–H and O–H groups in total. The van der Waals surface area contributed by atoms with E-state index in [1.165, 1.54) is 29.0 Å². The Labute approximate surface area is 163 Å². The predicted molar refractivity (Wildman–Crippen MR) is 99.5 cm³/mol. The number of nitrogens with one attached hydrogen (secondary N) is 1. The predicted octanol–water partition coefficient (Wildman–Crippen LogP) is -1.66. The third-order valence-electron chi connectivity index (χ3n) is 4.38. The number of ether oxygens (including phenoxy) is 1. The minimum absolute atomic E-state index is 0.348. The van der Waals surface area contributed by atoms with Gasteiger partial charge in [-0.25, -0.2) is 15.0 Å². The van der Waals surface area contributed by atoms with Crippen molar-refractivity contribution in [1.29, 1.82) is 0 Å². The molecule has 1 aliphatic heterocycles. The number of carbonyl (C=O) groups is 1. The van der Waals surface area contributed by atoms with Gasteiger partial charge in [0.1, 0.15) is 30.7 Å². The minimum Gasteiger partial charge on any atom is -0.480 e. The molecule has 0 radical (unpaired) electrons. The van der Waals surface area contributed by atoms with Gasteiger partial charge >= 0.3 is 5.97 Å². The van der Waals surface area contributed by atoms with Gasteiger partial charge in [-0.2, -0.15) is 0 Å². The lowest BCUT2D eigenvalue weighted by molar-refractivity contribution is -0.138. The van der Waals surface area contributed by atoms with Crippen molar-refractivity contribution in [3.63, 3.8) is 0 Å². The van der Waals surface area contributed by atoms with Crippen LogP contribution in [0.1, 0.15) is 12.6 Å². The van der Waals surface area contributed by atoms with Crippen LogP contribution in [0.2, 0.25) is 0 Å². The summed E-state index contributed by atoms with van der Waals surface area (Å²) in [6, 6.07) is -0.884. The number of hydrogen-bond donors (Lipinski definition) is 6. The number of hydrogen-bond acceptors (Lipinski definition) is 11. The van der Waals surface area contributed by atoms with Gasteiger partial charge in [0.15, 0.2) is 23.2 Å². The maximum absolute atomic E-state index is 10.7. The molecule has 0 aliphatic carbocycles. The van der Waals surface area contributed by atoms with E-state index in [1.807, 2.05) is 0 Å². The van der Waals surface area contributed by atoms with Crippen LogP contribution in [0.5, 0.6) is 0 Å². The van der Waals surface area contributed by atoms with E-state index in [1.54, 1.807) is 0 Å². The molecule has 28 heavy (non-hydrogen) atoms. The highest BCUT2D eigenvalue weighted by atomic mass is 32.2. The van der Waals surface area contributed by atoms with E-state index in [2.05, 4.69) is 20.3 Å². The minimum atomic E-state index is -1.24. The second-order valence-corrected chi connectivity index (χ2v) is 7.34. The fourth-order valence-corrected chi connectivity index (χ4v) is 3.61. The SMILES string of the molecule is NC(CCSCNc1ncnc2c1ncn2C1OC(CO)C(O)C1O)C(=O)O. The Kier molecular flexibility index (Phi) is 6.64. The van der Waals surface area contributed by atoms with Crippen LogP contribution in [0.25, 0.3) is 11.2 Å². The third kappa shape index (κ3) is 4.19. The van der Waals surface area contributed by atoms with Gasteiger partial charge in [0.05, 0.1) is 18.8 Å². The monoisotopic (exact) mass is 414 g/mol. The summed E-state index contributed by atoms with van der Waals surface area (Å²) in [5.41, 5.74) is 6.30. The summed E-state index contributed by atoms with van der Waals surface area (Å²) in [5, 5.41) is 41.2. The molecule has 0 amide bonds. The second kappa shape index (κ2) is 8.98. The van der Waals surface area contributed by atoms with Crippen LogP contribution in [-0.2, 0) is 9.53 Å². The van der Waals surface area contributed by atoms with Crippen molar-refractivity contribution in [2.75, 3.05) is 23.6 Å². The van der Waals surface area contributed by atoms with E-state index < -0.39 is 43.2 Å². The molecule has 0 aromatic carbocycles. The lowest BCUT2D eigenvalue weighted by Crippen LogP contribution is -2.33. The van der Waals surface area contributed by atoms with Gasteiger partial charge in [0.25, 0.3) is 0 Å². The molecule has 3 rings (SSSR count). The first-order valence-electron chi connectivity index (χ1n) is 8.54. The van der Waals surface area contributed by atoms with Crippen molar-refractivity contribution < 1.29 is 30.0 Å². The summed E-state index contributed by atoms with van der Waals surface area (Å²) in [7, 11) is 0. The van der Waals surface area contributed by atoms with Crippen LogP contribution in [0, 0.1) is 0 Å². The van der Waals surface area contributed by atoms with Crippen LogP contribution >= 0.6 is 11.8 Å². The Morgan fingerprint density at radius 1 is 1.36 bits per heavy atom. The number of anilines is 1. The second-order valence-electron chi connectivity index (χ2n) is 6.24. The molecule has 12 nitrogen and oxygen atoms in total. The average molecular weight is 414 g/mol. The van der Waals surface area contributed by atoms with E-state index >= 15 is 0 Å². The van der Waals surface area contributed by atoms with E-state index in [-0.39, 0.29) is 0 Å². The Hall–Kier alpha value is -2.03. The van der Waals surface area contributed by atoms with E-state index in [9.17, 15) is 20.1 Å². The zero-order chi connectivity index (χ0) is 20.3. The van der Waals surface area contributed by atoms with Gasteiger partial charge in [-0.05, 0) is 12.2 Å². The highest BCUT2D eigenvalue weighted by molar-refractivity contribution is 7.99. The van der Waals surface area contributed by atoms with Crippen molar-refractivity contribution in [2.24, 2.45) is 5.73 Å². The molecule has 3 heterocycles. The van der Waals surface area contributed by atoms with Crippen LogP contribution in [-0.4, -0.2) is 88.5 Å². The average Bonchev–Trinajstić information content (AvgIpc) is 3.23. The summed E-state index contributed by atoms with van der Waals surface area (Å²) >= 11 is 1.46. The maximum Gasteiger partial charge on any atom is 0.320 e. The van der Waals surface area contributed by atoms with E-state index in [0.717, 1.165) is 0 Å². The number of nitrogens with zero attached hydrogens (tertiary/aromatic N) is 4. The molecule has 5 unspecified atom stereocenters. The van der Waals surface area contributed by atoms with Crippen molar-refractivity contribution in [2.45, 2.75) is 37.0 Å². The van der Waals surface area contributed by atoms with Crippen LogP contribution in [0.15, 0.2) is 12.7 Å². The number of imidazole rings is 1. The van der Waals surface area contributed by atoms with Crippen molar-refractivity contribution in [3.05, 3.63) is 12.7 Å². The molecule has 154 valence electrons. The molecule has 1 saturated heterocycles. The quantitative estimate of drug-likeness (QED) is 0.203. The van der Waals surface area contributed by atoms with Crippen molar-refractivity contribution in [1.82, 2.24) is 19.5 Å². The van der Waals surface area contributed by atoms with Crippen LogP contribution < -0.4 is 11.1 Å². The maximum atomic E-state index is 10.7. The summed E-state index contributed by atoms with van der Waals surface area (Å²) in [6.07, 6.45) is -1.20. The Morgan fingerprint density at radius 3 is 2.82 bits per heavy atom. The smallest absolute Gasteiger partial charge is 0.320 e. The normalized spacial score (nSPS) is 25.9. The van der Waals surface area contributed by atoms with Gasteiger partial charge in [-0.1, -0.05) is 0 Å². The largest absolute Gasteiger partial charge is 0.480 e. The molecular weight excluding hydrogens is 392 g/mol. The van der Waals surface area contributed by atoms with Gasteiger partial charge < -0.3 is 36.2 Å². The number of aliphatic carboxylic acids is 1. The molecule has 2 aromatic heterocycles. The number of aliphatic hydroxyl groups is 3. The molecule has 2 aromatic rings. The highest BCUT2D eigenvalue weighted by Crippen LogP contribution is 2.32. The first kappa shape index (κ1) is 20.7. The van der Waals surface area contributed by atoms with Crippen LogP contribution in [0.4, 0.5) is 5.82 Å². The molecule has 13 heteroatoms. The number of carboxylic acids is 1. The Bertz CT molecular complexity index is 821.